The number of carbonyl (C=O) groups is 1. The monoisotopic (exact) mass is 466 g/mol. The van der Waals surface area contributed by atoms with E-state index < -0.39 is 0 Å². The molecule has 33 heavy (non-hydrogen) atoms. The van der Waals surface area contributed by atoms with E-state index in [9.17, 15) is 4.79 Å². The number of aryl methyl sites for hydroxylation is 1. The van der Waals surface area contributed by atoms with Gasteiger partial charge in [0.15, 0.2) is 0 Å². The minimum Gasteiger partial charge on any atom is -0.466 e. The van der Waals surface area contributed by atoms with E-state index >= 15 is 0 Å². The third-order valence-corrected chi connectivity index (χ3v) is 9.34. The summed E-state index contributed by atoms with van der Waals surface area (Å²) in [7, 11) is 1.47. The molecule has 2 heterocycles. The molecule has 0 radical (unpaired) electrons. The van der Waals surface area contributed by atoms with Crippen LogP contribution in [0.1, 0.15) is 81.1 Å². The zero-order valence-corrected chi connectivity index (χ0v) is 21.0. The minimum atomic E-state index is -0.243. The molecule has 4 fully saturated rings. The molecule has 4 saturated carbocycles. The van der Waals surface area contributed by atoms with Gasteiger partial charge in [0, 0.05) is 29.8 Å². The predicted octanol–water partition coefficient (Wildman–Crippen LogP) is 6.69. The first kappa shape index (κ1) is 22.9. The van der Waals surface area contributed by atoms with Gasteiger partial charge < -0.3 is 9.30 Å². The van der Waals surface area contributed by atoms with Crippen LogP contribution in [-0.4, -0.2) is 22.6 Å². The van der Waals surface area contributed by atoms with Crippen molar-refractivity contribution < 1.29 is 9.53 Å². The fourth-order valence-electron chi connectivity index (χ4n) is 7.37. The molecule has 0 unspecified atom stereocenters. The Labute approximate surface area is 202 Å². The summed E-state index contributed by atoms with van der Waals surface area (Å²) in [5.74, 6) is 3.87. The molecule has 0 atom stereocenters. The molecule has 4 aliphatic carbocycles. The number of hydrogen-bond acceptors (Lipinski definition) is 4. The number of unbranched alkanes of at least 4 members (excludes halogenated alkanes) is 1. The quantitative estimate of drug-likeness (QED) is 0.289. The first-order valence-electron chi connectivity index (χ1n) is 12.9. The van der Waals surface area contributed by atoms with Crippen LogP contribution < -0.4 is 0 Å². The van der Waals surface area contributed by atoms with Crippen LogP contribution in [0.15, 0.2) is 29.3 Å². The van der Waals surface area contributed by atoms with E-state index in [2.05, 4.69) is 22.9 Å². The Bertz CT molecular complexity index is 952. The molecule has 6 rings (SSSR count). The van der Waals surface area contributed by atoms with Crippen molar-refractivity contribution >= 4 is 23.4 Å². The van der Waals surface area contributed by atoms with E-state index in [4.69, 9.17) is 9.72 Å². The molecule has 5 heteroatoms. The average molecular weight is 467 g/mol. The average Bonchev–Trinajstić information content (AvgIpc) is 3.44. The van der Waals surface area contributed by atoms with Crippen molar-refractivity contribution in [3.05, 3.63) is 45.7 Å². The van der Waals surface area contributed by atoms with E-state index in [0.29, 0.717) is 17.4 Å². The van der Waals surface area contributed by atoms with Crippen LogP contribution in [0.4, 0.5) is 0 Å². The van der Waals surface area contributed by atoms with Gasteiger partial charge in [-0.2, -0.15) is 0 Å². The van der Waals surface area contributed by atoms with Crippen LogP contribution in [0.5, 0.6) is 0 Å². The lowest BCUT2D eigenvalue weighted by Crippen LogP contribution is -2.46. The molecule has 4 bridgehead atoms. The lowest BCUT2D eigenvalue weighted by molar-refractivity contribution is -0.136. The van der Waals surface area contributed by atoms with Crippen molar-refractivity contribution in [1.82, 2.24) is 9.55 Å². The maximum absolute atomic E-state index is 12.6. The molecule has 4 aliphatic rings. The molecular weight excluding hydrogens is 428 g/mol. The summed E-state index contributed by atoms with van der Waals surface area (Å²) in [6.07, 6.45) is 18.0. The lowest BCUT2D eigenvalue weighted by atomic mass is 9.49. The molecule has 0 saturated heterocycles. The van der Waals surface area contributed by atoms with Crippen LogP contribution >= 0.6 is 11.3 Å². The van der Waals surface area contributed by atoms with Gasteiger partial charge in [0.05, 0.1) is 19.0 Å². The molecule has 2 aromatic rings. The second-order valence-electron chi connectivity index (χ2n) is 10.9. The van der Waals surface area contributed by atoms with Gasteiger partial charge in [-0.1, -0.05) is 19.4 Å². The van der Waals surface area contributed by atoms with Gasteiger partial charge in [-0.05, 0) is 92.1 Å². The lowest BCUT2D eigenvalue weighted by Gasteiger charge is -2.57. The zero-order valence-electron chi connectivity index (χ0n) is 20.2. The highest BCUT2D eigenvalue weighted by Crippen LogP contribution is 2.61. The van der Waals surface area contributed by atoms with Gasteiger partial charge in [-0.25, -0.2) is 9.78 Å². The number of aromatic nitrogens is 2. The van der Waals surface area contributed by atoms with Crippen molar-refractivity contribution in [2.45, 2.75) is 84.1 Å². The summed E-state index contributed by atoms with van der Waals surface area (Å²) >= 11 is 1.68. The molecule has 0 amide bonds. The normalized spacial score (nSPS) is 28.4. The largest absolute Gasteiger partial charge is 0.466 e. The van der Waals surface area contributed by atoms with Crippen LogP contribution in [-0.2, 0) is 28.9 Å². The second kappa shape index (κ2) is 9.77. The summed E-state index contributed by atoms with van der Waals surface area (Å²) in [6, 6.07) is 4.12. The molecule has 4 nitrogen and oxygen atoms in total. The Morgan fingerprint density at radius 2 is 1.97 bits per heavy atom. The Morgan fingerprint density at radius 1 is 1.24 bits per heavy atom. The summed E-state index contributed by atoms with van der Waals surface area (Å²) in [4.78, 5) is 18.6. The first-order valence-corrected chi connectivity index (χ1v) is 13.8. The molecule has 0 aliphatic heterocycles. The van der Waals surface area contributed by atoms with Gasteiger partial charge in [0.25, 0.3) is 0 Å². The maximum atomic E-state index is 12.6. The fraction of sp³-hybridized carbons (Fsp3) is 0.643. The van der Waals surface area contributed by atoms with Gasteiger partial charge in [0.2, 0.25) is 0 Å². The van der Waals surface area contributed by atoms with E-state index in [0.717, 1.165) is 42.8 Å². The zero-order chi connectivity index (χ0) is 22.8. The van der Waals surface area contributed by atoms with Crippen LogP contribution in [0, 0.1) is 23.2 Å². The first-order chi connectivity index (χ1) is 16.1. The topological polar surface area (TPSA) is 44.1 Å². The van der Waals surface area contributed by atoms with E-state index in [-0.39, 0.29) is 5.97 Å². The Balaban J connectivity index is 1.40. The summed E-state index contributed by atoms with van der Waals surface area (Å²) in [6.45, 7) is 3.25. The minimum absolute atomic E-state index is 0.243. The number of imidazole rings is 1. The van der Waals surface area contributed by atoms with Crippen LogP contribution in [0.3, 0.4) is 0 Å². The third-order valence-electron chi connectivity index (χ3n) is 8.47. The summed E-state index contributed by atoms with van der Waals surface area (Å²) < 4.78 is 7.56. The van der Waals surface area contributed by atoms with Crippen molar-refractivity contribution in [3.63, 3.8) is 0 Å². The van der Waals surface area contributed by atoms with Crippen molar-refractivity contribution in [3.8, 4) is 0 Å². The van der Waals surface area contributed by atoms with Crippen molar-refractivity contribution in [2.24, 2.45) is 23.2 Å². The summed E-state index contributed by atoms with van der Waals surface area (Å²) in [5, 5.41) is 2.06. The molecule has 0 aromatic carbocycles. The van der Waals surface area contributed by atoms with Gasteiger partial charge in [-0.3, -0.25) is 0 Å². The van der Waals surface area contributed by atoms with Gasteiger partial charge in [0.1, 0.15) is 5.82 Å². The molecular formula is C28H38N2O2S. The number of ether oxygens (including phenoxy) is 1. The summed E-state index contributed by atoms with van der Waals surface area (Å²) in [5.41, 5.74) is 2.31. The van der Waals surface area contributed by atoms with Gasteiger partial charge >= 0.3 is 5.97 Å². The molecule has 178 valence electrons. The fourth-order valence-corrected chi connectivity index (χ4v) is 8.10. The maximum Gasteiger partial charge on any atom is 0.334 e. The van der Waals surface area contributed by atoms with Crippen LogP contribution in [0.25, 0.3) is 6.08 Å². The van der Waals surface area contributed by atoms with Crippen molar-refractivity contribution in [1.29, 1.82) is 0 Å². The SMILES string of the molecule is CCCCc1ncc(C=C(Cc2cccs2)C(=O)OC)n1CCC12CC3CC(CC(C3)C1)C2. The molecule has 0 spiro atoms. The molecule has 2 aromatic heterocycles. The Hall–Kier alpha value is -1.88. The number of methoxy groups -OCH3 is 1. The van der Waals surface area contributed by atoms with E-state index in [1.165, 1.54) is 69.2 Å². The highest BCUT2D eigenvalue weighted by Gasteiger charge is 2.50. The smallest absolute Gasteiger partial charge is 0.334 e. The highest BCUT2D eigenvalue weighted by atomic mass is 32.1. The number of rotatable bonds is 10. The second-order valence-corrected chi connectivity index (χ2v) is 12.0. The third kappa shape index (κ3) is 4.99. The van der Waals surface area contributed by atoms with Crippen molar-refractivity contribution in [2.75, 3.05) is 7.11 Å². The predicted molar refractivity (Wildman–Crippen MR) is 134 cm³/mol. The van der Waals surface area contributed by atoms with Crippen LogP contribution in [0.2, 0.25) is 0 Å². The van der Waals surface area contributed by atoms with Gasteiger partial charge in [-0.15, -0.1) is 11.3 Å². The Morgan fingerprint density at radius 3 is 2.58 bits per heavy atom. The Kier molecular flexibility index (Phi) is 6.78. The highest BCUT2D eigenvalue weighted by molar-refractivity contribution is 7.09. The number of thiophene rings is 1. The molecule has 0 N–H and O–H groups in total. The van der Waals surface area contributed by atoms with E-state index in [1.807, 2.05) is 18.3 Å². The van der Waals surface area contributed by atoms with E-state index in [1.54, 1.807) is 11.3 Å². The number of nitrogens with zero attached hydrogens (tertiary/aromatic N) is 2. The standard InChI is InChI=1S/C28H38N2O2S/c1-3-4-7-26-29-19-24(14-23(27(31)32-2)15-25-6-5-10-33-25)30(26)9-8-28-16-20-11-21(17-28)13-22(12-20)18-28/h5-6,10,14,19-22H,3-4,7-9,11-13,15-18H2,1-2H3. The number of esters is 1. The number of hydrogen-bond donors (Lipinski definition) is 0. The number of carbonyl (C=O) groups excluding carboxylic acids is 1.